The quantitative estimate of drug-likeness (QED) is 0.721. The molecule has 0 aromatic heterocycles. The second-order valence-corrected chi connectivity index (χ2v) is 4.39. The van der Waals surface area contributed by atoms with Crippen LogP contribution in [0.15, 0.2) is 36.9 Å². The Morgan fingerprint density at radius 3 is 3.06 bits per heavy atom. The molecule has 2 nitrogen and oxygen atoms in total. The smallest absolute Gasteiger partial charge is 0.246 e. The molecule has 0 aliphatic carbocycles. The molecule has 16 heavy (non-hydrogen) atoms. The van der Waals surface area contributed by atoms with Crippen molar-refractivity contribution in [3.8, 4) is 0 Å². The minimum absolute atomic E-state index is 0.00229. The van der Waals surface area contributed by atoms with Gasteiger partial charge in [0.2, 0.25) is 5.91 Å². The zero-order chi connectivity index (χ0) is 11.5. The first-order valence-corrected chi connectivity index (χ1v) is 5.78. The largest absolute Gasteiger partial charge is 0.332 e. The maximum absolute atomic E-state index is 11.7. The summed E-state index contributed by atoms with van der Waals surface area (Å²) in [5.41, 5.74) is 1.11. The molecule has 0 spiro atoms. The van der Waals surface area contributed by atoms with E-state index in [9.17, 15) is 4.79 Å². The van der Waals surface area contributed by atoms with Gasteiger partial charge in [0.1, 0.15) is 0 Å². The summed E-state index contributed by atoms with van der Waals surface area (Å²) in [5.74, 6) is 0.00229. The number of rotatable bonds is 2. The Morgan fingerprint density at radius 1 is 1.56 bits per heavy atom. The minimum Gasteiger partial charge on any atom is -0.332 e. The van der Waals surface area contributed by atoms with Crippen molar-refractivity contribution in [2.24, 2.45) is 0 Å². The Balaban J connectivity index is 2.26. The number of hydrogen-bond donors (Lipinski definition) is 0. The Morgan fingerprint density at radius 2 is 2.38 bits per heavy atom. The number of nitrogens with zero attached hydrogens (tertiary/aromatic N) is 1. The van der Waals surface area contributed by atoms with Gasteiger partial charge in [-0.05, 0) is 36.6 Å². The molecule has 1 heterocycles. The fourth-order valence-electron chi connectivity index (χ4n) is 2.21. The van der Waals surface area contributed by atoms with Gasteiger partial charge in [0.15, 0.2) is 0 Å². The molecule has 3 heteroatoms. The van der Waals surface area contributed by atoms with E-state index in [1.165, 1.54) is 6.08 Å². The SMILES string of the molecule is C=CC(=O)N1CCC[C@H]1c1cccc(Cl)c1. The highest BCUT2D eigenvalue weighted by atomic mass is 35.5. The van der Waals surface area contributed by atoms with Crippen LogP contribution in [0, 0.1) is 0 Å². The molecular formula is C13H14ClNO. The van der Waals surface area contributed by atoms with Crippen molar-refractivity contribution >= 4 is 17.5 Å². The normalized spacial score (nSPS) is 19.8. The summed E-state index contributed by atoms with van der Waals surface area (Å²) in [5, 5.41) is 0.718. The Labute approximate surface area is 101 Å². The van der Waals surface area contributed by atoms with E-state index in [4.69, 9.17) is 11.6 Å². The van der Waals surface area contributed by atoms with Crippen LogP contribution in [-0.2, 0) is 4.79 Å². The van der Waals surface area contributed by atoms with Crippen LogP contribution in [-0.4, -0.2) is 17.4 Å². The third kappa shape index (κ3) is 2.12. The number of carbonyl (C=O) groups excluding carboxylic acids is 1. The molecule has 1 aromatic carbocycles. The summed E-state index contributed by atoms with van der Waals surface area (Å²) in [6.45, 7) is 4.34. The molecule has 0 radical (unpaired) electrons. The second kappa shape index (κ2) is 4.71. The van der Waals surface area contributed by atoms with Gasteiger partial charge in [-0.3, -0.25) is 4.79 Å². The minimum atomic E-state index is 0.00229. The summed E-state index contributed by atoms with van der Waals surface area (Å²) in [7, 11) is 0. The zero-order valence-corrected chi connectivity index (χ0v) is 9.78. The summed E-state index contributed by atoms with van der Waals surface area (Å²) in [6.07, 6.45) is 3.42. The molecule has 0 saturated carbocycles. The maximum atomic E-state index is 11.7. The van der Waals surface area contributed by atoms with Gasteiger partial charge in [-0.2, -0.15) is 0 Å². The highest BCUT2D eigenvalue weighted by Crippen LogP contribution is 2.32. The molecule has 1 aliphatic heterocycles. The van der Waals surface area contributed by atoms with Crippen LogP contribution in [0.3, 0.4) is 0 Å². The van der Waals surface area contributed by atoms with Crippen LogP contribution >= 0.6 is 11.6 Å². The molecule has 0 unspecified atom stereocenters. The molecule has 1 fully saturated rings. The number of hydrogen-bond acceptors (Lipinski definition) is 1. The molecule has 1 saturated heterocycles. The van der Waals surface area contributed by atoms with Crippen molar-refractivity contribution in [2.75, 3.05) is 6.54 Å². The monoisotopic (exact) mass is 235 g/mol. The summed E-state index contributed by atoms with van der Waals surface area (Å²) < 4.78 is 0. The van der Waals surface area contributed by atoms with Crippen LogP contribution in [0.5, 0.6) is 0 Å². The summed E-state index contributed by atoms with van der Waals surface area (Å²) in [6, 6.07) is 7.88. The Kier molecular flexibility index (Phi) is 3.30. The molecule has 2 rings (SSSR count). The molecule has 1 aliphatic rings. The van der Waals surface area contributed by atoms with Crippen molar-refractivity contribution in [1.29, 1.82) is 0 Å². The first-order valence-electron chi connectivity index (χ1n) is 5.41. The van der Waals surface area contributed by atoms with E-state index in [-0.39, 0.29) is 11.9 Å². The lowest BCUT2D eigenvalue weighted by molar-refractivity contribution is -0.126. The van der Waals surface area contributed by atoms with E-state index in [0.717, 1.165) is 30.0 Å². The van der Waals surface area contributed by atoms with Crippen LogP contribution in [0.4, 0.5) is 0 Å². The van der Waals surface area contributed by atoms with Crippen molar-refractivity contribution in [3.63, 3.8) is 0 Å². The first-order chi connectivity index (χ1) is 7.72. The van der Waals surface area contributed by atoms with Crippen molar-refractivity contribution in [1.82, 2.24) is 4.90 Å². The van der Waals surface area contributed by atoms with Gasteiger partial charge in [0.25, 0.3) is 0 Å². The van der Waals surface area contributed by atoms with Gasteiger partial charge >= 0.3 is 0 Å². The average molecular weight is 236 g/mol. The predicted molar refractivity (Wildman–Crippen MR) is 65.3 cm³/mol. The molecule has 84 valence electrons. The van der Waals surface area contributed by atoms with Crippen molar-refractivity contribution in [3.05, 3.63) is 47.5 Å². The van der Waals surface area contributed by atoms with Gasteiger partial charge in [-0.15, -0.1) is 0 Å². The van der Waals surface area contributed by atoms with E-state index >= 15 is 0 Å². The van der Waals surface area contributed by atoms with E-state index in [2.05, 4.69) is 6.58 Å². The van der Waals surface area contributed by atoms with Crippen LogP contribution < -0.4 is 0 Å². The van der Waals surface area contributed by atoms with E-state index in [1.54, 1.807) is 0 Å². The topological polar surface area (TPSA) is 20.3 Å². The number of benzene rings is 1. The van der Waals surface area contributed by atoms with Crippen molar-refractivity contribution in [2.45, 2.75) is 18.9 Å². The lowest BCUT2D eigenvalue weighted by Crippen LogP contribution is -2.28. The van der Waals surface area contributed by atoms with Crippen LogP contribution in [0.2, 0.25) is 5.02 Å². The maximum Gasteiger partial charge on any atom is 0.246 e. The predicted octanol–water partition coefficient (Wildman–Crippen LogP) is 3.19. The van der Waals surface area contributed by atoms with Crippen molar-refractivity contribution < 1.29 is 4.79 Å². The molecule has 0 bridgehead atoms. The fraction of sp³-hybridized carbons (Fsp3) is 0.308. The van der Waals surface area contributed by atoms with E-state index in [0.29, 0.717) is 0 Å². The second-order valence-electron chi connectivity index (χ2n) is 3.95. The molecule has 0 N–H and O–H groups in total. The molecule has 1 atom stereocenters. The fourth-order valence-corrected chi connectivity index (χ4v) is 2.41. The Hall–Kier alpha value is -1.28. The number of amides is 1. The van der Waals surface area contributed by atoms with Crippen LogP contribution in [0.25, 0.3) is 0 Å². The van der Waals surface area contributed by atoms with Gasteiger partial charge in [0.05, 0.1) is 6.04 Å². The Bertz CT molecular complexity index is 416. The summed E-state index contributed by atoms with van der Waals surface area (Å²) >= 11 is 5.96. The van der Waals surface area contributed by atoms with Crippen LogP contribution in [0.1, 0.15) is 24.4 Å². The van der Waals surface area contributed by atoms with E-state index in [1.807, 2.05) is 29.2 Å². The zero-order valence-electron chi connectivity index (χ0n) is 9.03. The average Bonchev–Trinajstić information content (AvgIpc) is 2.77. The standard InChI is InChI=1S/C13H14ClNO/c1-2-13(16)15-8-4-7-12(15)10-5-3-6-11(14)9-10/h2-3,5-6,9,12H,1,4,7-8H2/t12-/m0/s1. The van der Waals surface area contributed by atoms with Gasteiger partial charge in [0, 0.05) is 11.6 Å². The molecule has 1 amide bonds. The lowest BCUT2D eigenvalue weighted by atomic mass is 10.0. The number of carbonyl (C=O) groups is 1. The molecule has 1 aromatic rings. The number of halogens is 1. The third-order valence-electron chi connectivity index (χ3n) is 2.94. The summed E-state index contributed by atoms with van der Waals surface area (Å²) in [4.78, 5) is 13.5. The molecular weight excluding hydrogens is 222 g/mol. The first kappa shape index (κ1) is 11.2. The van der Waals surface area contributed by atoms with E-state index < -0.39 is 0 Å². The van der Waals surface area contributed by atoms with Gasteiger partial charge in [-0.25, -0.2) is 0 Å². The number of likely N-dealkylation sites (tertiary alicyclic amines) is 1. The van der Waals surface area contributed by atoms with Gasteiger partial charge < -0.3 is 4.90 Å². The highest BCUT2D eigenvalue weighted by molar-refractivity contribution is 6.30. The lowest BCUT2D eigenvalue weighted by Gasteiger charge is -2.23. The highest BCUT2D eigenvalue weighted by Gasteiger charge is 2.28. The van der Waals surface area contributed by atoms with Gasteiger partial charge in [-0.1, -0.05) is 30.3 Å². The third-order valence-corrected chi connectivity index (χ3v) is 3.18.